The molecule has 0 aliphatic rings. The van der Waals surface area contributed by atoms with Crippen molar-refractivity contribution in [1.82, 2.24) is 25.4 Å². The Hall–Kier alpha value is -8.56. The smallest absolute Gasteiger partial charge is 0.248 e. The Kier molecular flexibility index (Phi) is 13.7. The zero-order valence-electron chi connectivity index (χ0n) is 35.9. The van der Waals surface area contributed by atoms with Crippen molar-refractivity contribution >= 4 is 34.1 Å². The van der Waals surface area contributed by atoms with Gasteiger partial charge in [-0.1, -0.05) is 84.9 Å². The van der Waals surface area contributed by atoms with Gasteiger partial charge in [-0.2, -0.15) is 0 Å². The van der Waals surface area contributed by atoms with E-state index >= 15 is 0 Å². The van der Waals surface area contributed by atoms with Crippen molar-refractivity contribution in [3.05, 3.63) is 249 Å². The number of rotatable bonds is 11. The summed E-state index contributed by atoms with van der Waals surface area (Å²) in [5.74, 6) is 1.72. The summed E-state index contributed by atoms with van der Waals surface area (Å²) in [5.41, 5.74) is 11.5. The number of nitrogens with zero attached hydrogens (tertiary/aromatic N) is 7. The topological polar surface area (TPSA) is 97.2 Å². The zero-order valence-corrected chi connectivity index (χ0v) is 38.3. The van der Waals surface area contributed by atoms with Crippen LogP contribution in [0.3, 0.4) is 0 Å². The van der Waals surface area contributed by atoms with Gasteiger partial charge in [-0.3, -0.25) is 0 Å². The van der Waals surface area contributed by atoms with Crippen molar-refractivity contribution < 1.29 is 28.9 Å². The molecule has 0 N–H and O–H groups in total. The van der Waals surface area contributed by atoms with Gasteiger partial charge >= 0.3 is 0 Å². The van der Waals surface area contributed by atoms with Crippen LogP contribution in [0.2, 0.25) is 0 Å². The fraction of sp³-hybridized carbons (Fsp3) is 0. The molecule has 0 unspecified atom stereocenters. The van der Waals surface area contributed by atoms with Gasteiger partial charge in [-0.05, 0) is 133 Å². The van der Waals surface area contributed by atoms with Crippen LogP contribution in [0.15, 0.2) is 252 Å². The number of aromatic nitrogens is 5. The molecule has 0 aliphatic carbocycles. The molecule has 10 heteroatoms. The largest absolute Gasteiger partial charge is 0.416 e. The fourth-order valence-electron chi connectivity index (χ4n) is 7.45. The minimum Gasteiger partial charge on any atom is -0.416 e. The van der Waals surface area contributed by atoms with Crippen LogP contribution in [-0.4, -0.2) is 25.4 Å². The predicted octanol–water partition coefficient (Wildman–Crippen LogP) is 14.6. The third-order valence-electron chi connectivity index (χ3n) is 10.7. The van der Waals surface area contributed by atoms with Crippen LogP contribution >= 0.6 is 0 Å². The van der Waals surface area contributed by atoms with Crippen molar-refractivity contribution in [1.29, 1.82) is 0 Å². The van der Waals surface area contributed by atoms with E-state index in [2.05, 4.69) is 114 Å². The SMILES string of the molecule is [Ir].[c-]1ccccc1-c1ccccn1.c1ccc(N(c2ccccc2)c2ccc(-c3nnc(-c4ccc(-c5nnc(-c6ccc(N(c7ccccc7)c7ccccc7)cc6)o5)cc4)o3)cc2)cc1. The molecule has 3 heterocycles. The molecule has 3 aromatic heterocycles. The van der Waals surface area contributed by atoms with E-state index in [4.69, 9.17) is 8.83 Å². The van der Waals surface area contributed by atoms with Crippen LogP contribution in [-0.2, 0) is 20.1 Å². The molecule has 0 fully saturated rings. The van der Waals surface area contributed by atoms with Gasteiger partial charge in [-0.25, -0.2) is 0 Å². The van der Waals surface area contributed by atoms with E-state index < -0.39 is 0 Å². The monoisotopic (exact) mass is 1050 g/mol. The molecule has 1 radical (unpaired) electrons. The Balaban J connectivity index is 0.000000375. The van der Waals surface area contributed by atoms with Crippen molar-refractivity contribution in [2.75, 3.05) is 9.80 Å². The van der Waals surface area contributed by atoms with E-state index in [0.29, 0.717) is 23.6 Å². The zero-order chi connectivity index (χ0) is 44.3. The number of pyridine rings is 1. The molecule has 0 atom stereocenters. The summed E-state index contributed by atoms with van der Waals surface area (Å²) in [6.45, 7) is 0. The fourth-order valence-corrected chi connectivity index (χ4v) is 7.45. The Morgan fingerprint density at radius 1 is 0.313 bits per heavy atom. The summed E-state index contributed by atoms with van der Waals surface area (Å²) < 4.78 is 12.3. The molecule has 9 nitrogen and oxygen atoms in total. The molecular weight excluding hydrogens is 1010 g/mol. The molecule has 0 aliphatic heterocycles. The van der Waals surface area contributed by atoms with Crippen LogP contribution in [0, 0.1) is 6.07 Å². The van der Waals surface area contributed by atoms with Crippen molar-refractivity contribution in [3.8, 4) is 57.1 Å². The second kappa shape index (κ2) is 21.0. The molecule has 67 heavy (non-hydrogen) atoms. The van der Waals surface area contributed by atoms with Gasteiger partial charge in [0.1, 0.15) is 0 Å². The first-order valence-electron chi connectivity index (χ1n) is 21.4. The average molecular weight is 1050 g/mol. The van der Waals surface area contributed by atoms with E-state index in [-0.39, 0.29) is 20.1 Å². The first-order valence-corrected chi connectivity index (χ1v) is 21.4. The van der Waals surface area contributed by atoms with E-state index in [0.717, 1.165) is 67.6 Å². The Morgan fingerprint density at radius 3 is 0.940 bits per heavy atom. The van der Waals surface area contributed by atoms with Gasteiger partial charge in [0.2, 0.25) is 23.6 Å². The first kappa shape index (κ1) is 43.7. The molecule has 0 bridgehead atoms. The van der Waals surface area contributed by atoms with Crippen LogP contribution in [0.25, 0.3) is 57.1 Å². The van der Waals surface area contributed by atoms with E-state index in [9.17, 15) is 0 Å². The van der Waals surface area contributed by atoms with E-state index in [1.165, 1.54) is 0 Å². The van der Waals surface area contributed by atoms with E-state index in [1.807, 2.05) is 164 Å². The van der Waals surface area contributed by atoms with Gasteiger partial charge in [0.05, 0.1) is 0 Å². The molecule has 0 amide bonds. The van der Waals surface area contributed by atoms with Crippen LogP contribution in [0.1, 0.15) is 0 Å². The van der Waals surface area contributed by atoms with Gasteiger partial charge in [0.15, 0.2) is 0 Å². The Labute approximate surface area is 402 Å². The second-order valence-corrected chi connectivity index (χ2v) is 15.0. The number of para-hydroxylation sites is 4. The Morgan fingerprint density at radius 2 is 0.627 bits per heavy atom. The summed E-state index contributed by atoms with van der Waals surface area (Å²) in [5, 5.41) is 17.4. The third-order valence-corrected chi connectivity index (χ3v) is 10.7. The second-order valence-electron chi connectivity index (χ2n) is 15.0. The molecular formula is C57H40IrN7O2-. The van der Waals surface area contributed by atoms with Crippen molar-refractivity contribution in [2.24, 2.45) is 0 Å². The standard InChI is InChI=1S/C46H32N6O2.C11H8N.Ir/c1-5-13-37(14-6-1)51(38-15-7-2-8-16-38)41-29-25-35(26-30-41)45-49-47-43(53-45)33-21-23-34(24-22-33)44-48-50-46(54-44)36-27-31-42(32-28-36)52(39-17-9-3-10-18-39)40-19-11-4-12-20-40;1-2-6-10(7-3-1)11-8-4-5-9-12-11;/h1-32H;1-6,8-9H;/q;-1;. The summed E-state index contributed by atoms with van der Waals surface area (Å²) in [6, 6.07) is 81.9. The summed E-state index contributed by atoms with van der Waals surface area (Å²) in [6.07, 6.45) is 1.79. The minimum absolute atomic E-state index is 0. The molecule has 11 aromatic rings. The van der Waals surface area contributed by atoms with Gasteiger partial charge < -0.3 is 23.6 Å². The minimum atomic E-state index is 0. The molecule has 8 aromatic carbocycles. The van der Waals surface area contributed by atoms with Crippen LogP contribution in [0.4, 0.5) is 34.1 Å². The van der Waals surface area contributed by atoms with E-state index in [1.54, 1.807) is 6.20 Å². The van der Waals surface area contributed by atoms with Gasteiger partial charge in [0, 0.05) is 82.7 Å². The van der Waals surface area contributed by atoms with Gasteiger partial charge in [0.25, 0.3) is 0 Å². The summed E-state index contributed by atoms with van der Waals surface area (Å²) in [7, 11) is 0. The summed E-state index contributed by atoms with van der Waals surface area (Å²) in [4.78, 5) is 8.63. The maximum absolute atomic E-state index is 6.13. The number of hydrogen-bond acceptors (Lipinski definition) is 9. The molecule has 11 rings (SSSR count). The maximum Gasteiger partial charge on any atom is 0.248 e. The predicted molar refractivity (Wildman–Crippen MR) is 262 cm³/mol. The van der Waals surface area contributed by atoms with Crippen molar-refractivity contribution in [3.63, 3.8) is 0 Å². The molecule has 325 valence electrons. The number of benzene rings is 8. The number of anilines is 6. The molecule has 0 saturated carbocycles. The van der Waals surface area contributed by atoms with Crippen molar-refractivity contribution in [2.45, 2.75) is 0 Å². The summed E-state index contributed by atoms with van der Waals surface area (Å²) >= 11 is 0. The average Bonchev–Trinajstić information content (AvgIpc) is 4.11. The van der Waals surface area contributed by atoms with Crippen LogP contribution in [0.5, 0.6) is 0 Å². The van der Waals surface area contributed by atoms with Gasteiger partial charge in [-0.15, -0.1) is 56.3 Å². The maximum atomic E-state index is 6.13. The first-order chi connectivity index (χ1) is 32.7. The Bertz CT molecular complexity index is 2910. The molecule has 0 saturated heterocycles. The molecule has 0 spiro atoms. The van der Waals surface area contributed by atoms with Crippen LogP contribution < -0.4 is 9.80 Å². The normalized spacial score (nSPS) is 10.6. The number of hydrogen-bond donors (Lipinski definition) is 0. The third kappa shape index (κ3) is 10.2. The quantitative estimate of drug-likeness (QED) is 0.117.